The average molecular weight is 499 g/mol. The normalized spacial score (nSPS) is 11.8. The number of carboxylic acids is 1. The Bertz CT molecular complexity index is 1280. The number of aromatic nitrogens is 2. The molecule has 0 saturated carbocycles. The van der Waals surface area contributed by atoms with E-state index in [1.165, 1.54) is 0 Å². The third-order valence-electron chi connectivity index (χ3n) is 5.48. The highest BCUT2D eigenvalue weighted by atomic mass is 35.5. The van der Waals surface area contributed by atoms with Crippen LogP contribution in [-0.4, -0.2) is 50.4 Å². The van der Waals surface area contributed by atoms with Crippen LogP contribution in [0.1, 0.15) is 34.5 Å². The zero-order valence-corrected chi connectivity index (χ0v) is 19.6. The van der Waals surface area contributed by atoms with Crippen molar-refractivity contribution in [2.45, 2.75) is 31.7 Å². The van der Waals surface area contributed by atoms with Gasteiger partial charge in [-0.05, 0) is 47.6 Å². The molecule has 1 atom stereocenters. The molecule has 3 aromatic rings. The fraction of sp³-hybridized carbons (Fsp3) is 0.261. The Kier molecular flexibility index (Phi) is 8.05. The van der Waals surface area contributed by atoms with E-state index in [1.807, 2.05) is 30.3 Å². The molecule has 0 spiro atoms. The number of anilines is 2. The van der Waals surface area contributed by atoms with Crippen molar-refractivity contribution in [1.29, 1.82) is 5.41 Å². The summed E-state index contributed by atoms with van der Waals surface area (Å²) in [6, 6.07) is 10.9. The number of carboxylic acid groups (broad SMARTS) is 1. The van der Waals surface area contributed by atoms with E-state index in [-0.39, 0.29) is 35.4 Å². The molecule has 0 fully saturated rings. The van der Waals surface area contributed by atoms with Crippen LogP contribution in [0.15, 0.2) is 36.4 Å². The quantitative estimate of drug-likeness (QED) is 0.144. The number of nitrogens with zero attached hydrogens (tertiary/aromatic N) is 3. The van der Waals surface area contributed by atoms with Crippen LogP contribution in [0.2, 0.25) is 5.15 Å². The monoisotopic (exact) mass is 498 g/mol. The smallest absolute Gasteiger partial charge is 0.320 e. The van der Waals surface area contributed by atoms with Crippen molar-refractivity contribution in [2.24, 2.45) is 11.5 Å². The number of aliphatic carboxylic acids is 1. The Morgan fingerprint density at radius 1 is 1.03 bits per heavy atom. The van der Waals surface area contributed by atoms with E-state index in [1.54, 1.807) is 0 Å². The molecule has 0 aliphatic carbocycles. The van der Waals surface area contributed by atoms with E-state index in [0.717, 1.165) is 39.6 Å². The van der Waals surface area contributed by atoms with Gasteiger partial charge in [0, 0.05) is 6.54 Å². The van der Waals surface area contributed by atoms with Gasteiger partial charge in [-0.15, -0.1) is 0 Å². The molecule has 0 aliphatic heterocycles. The second-order valence-corrected chi connectivity index (χ2v) is 8.46. The maximum Gasteiger partial charge on any atom is 0.320 e. The highest BCUT2D eigenvalue weighted by Crippen LogP contribution is 2.21. The first-order valence-corrected chi connectivity index (χ1v) is 11.2. The summed E-state index contributed by atoms with van der Waals surface area (Å²) in [5.74, 6) is -2.42. The molecule has 1 aromatic heterocycles. The van der Waals surface area contributed by atoms with Crippen LogP contribution in [-0.2, 0) is 17.6 Å². The number of hydrogen-bond acceptors (Lipinski definition) is 8. The van der Waals surface area contributed by atoms with Gasteiger partial charge < -0.3 is 28.0 Å². The first kappa shape index (κ1) is 25.7. The minimum atomic E-state index is -1.03. The molecule has 12 heteroatoms. The summed E-state index contributed by atoms with van der Waals surface area (Å²) in [5, 5.41) is 18.6. The largest absolute Gasteiger partial charge is 0.480 e. The van der Waals surface area contributed by atoms with Gasteiger partial charge in [0.05, 0.1) is 0 Å². The van der Waals surface area contributed by atoms with Crippen LogP contribution in [0.4, 0.5) is 11.6 Å². The fourth-order valence-corrected chi connectivity index (χ4v) is 3.75. The maximum absolute atomic E-state index is 12.8. The van der Waals surface area contributed by atoms with E-state index < -0.39 is 23.9 Å². The summed E-state index contributed by atoms with van der Waals surface area (Å²) >= 11 is 5.85. The van der Waals surface area contributed by atoms with Crippen molar-refractivity contribution >= 4 is 51.8 Å². The second kappa shape index (κ2) is 11.0. The van der Waals surface area contributed by atoms with Crippen molar-refractivity contribution < 1.29 is 14.7 Å². The number of amides is 1. The number of nitrogen functional groups attached to an aromatic ring is 2. The summed E-state index contributed by atoms with van der Waals surface area (Å²) in [6.07, 6.45) is 2.32. The summed E-state index contributed by atoms with van der Waals surface area (Å²) in [5.41, 5.74) is 24.3. The Balaban J connectivity index is 1.60. The van der Waals surface area contributed by atoms with Gasteiger partial charge in [0.1, 0.15) is 6.04 Å². The topological polar surface area (TPSA) is 211 Å². The zero-order chi connectivity index (χ0) is 25.7. The predicted octanol–water partition coefficient (Wildman–Crippen LogP) is 1.76. The van der Waals surface area contributed by atoms with Crippen molar-refractivity contribution in [3.8, 4) is 0 Å². The Hall–Kier alpha value is -3.96. The van der Waals surface area contributed by atoms with Gasteiger partial charge in [-0.1, -0.05) is 48.0 Å². The number of nitrogens with two attached hydrogens (primary N) is 4. The third kappa shape index (κ3) is 6.34. The first-order valence-electron chi connectivity index (χ1n) is 10.8. The van der Waals surface area contributed by atoms with E-state index in [4.69, 9.17) is 45.1 Å². The van der Waals surface area contributed by atoms with Crippen LogP contribution in [0, 0.1) is 5.41 Å². The number of carbonyl (C=O) groups excluding carboxylic acids is 1. The van der Waals surface area contributed by atoms with Crippen LogP contribution in [0.25, 0.3) is 10.8 Å². The van der Waals surface area contributed by atoms with Gasteiger partial charge in [0.25, 0.3) is 5.91 Å². The molecule has 3 rings (SSSR count). The molecule has 11 nitrogen and oxygen atoms in total. The summed E-state index contributed by atoms with van der Waals surface area (Å²) in [4.78, 5) is 32.5. The highest BCUT2D eigenvalue weighted by Gasteiger charge is 2.24. The lowest BCUT2D eigenvalue weighted by Gasteiger charge is -2.20. The number of nitrogens with one attached hydrogen (secondary N) is 1. The lowest BCUT2D eigenvalue weighted by Crippen LogP contribution is -2.42. The molecule has 184 valence electrons. The van der Waals surface area contributed by atoms with Crippen molar-refractivity contribution in [1.82, 2.24) is 14.9 Å². The zero-order valence-electron chi connectivity index (χ0n) is 18.9. The van der Waals surface area contributed by atoms with Crippen molar-refractivity contribution in [2.75, 3.05) is 18.0 Å². The number of fused-ring (bicyclic) bond motifs is 1. The van der Waals surface area contributed by atoms with Crippen LogP contribution >= 0.6 is 11.6 Å². The van der Waals surface area contributed by atoms with E-state index in [2.05, 4.69) is 16.0 Å². The maximum atomic E-state index is 12.8. The van der Waals surface area contributed by atoms with Gasteiger partial charge in [-0.2, -0.15) is 0 Å². The molecule has 0 bridgehead atoms. The molecule has 0 unspecified atom stereocenters. The molecular formula is C23H27ClN8O3. The lowest BCUT2D eigenvalue weighted by atomic mass is 9.99. The minimum absolute atomic E-state index is 0.0921. The molecule has 10 N–H and O–H groups in total. The van der Waals surface area contributed by atoms with Crippen LogP contribution in [0.3, 0.4) is 0 Å². The number of guanidine groups is 1. The molecule has 0 aliphatic rings. The molecule has 0 radical (unpaired) electrons. The van der Waals surface area contributed by atoms with E-state index in [9.17, 15) is 9.59 Å². The van der Waals surface area contributed by atoms with Gasteiger partial charge >= 0.3 is 5.97 Å². The predicted molar refractivity (Wildman–Crippen MR) is 135 cm³/mol. The Morgan fingerprint density at radius 2 is 1.66 bits per heavy atom. The number of benzene rings is 2. The summed E-state index contributed by atoms with van der Waals surface area (Å²) < 4.78 is 0. The lowest BCUT2D eigenvalue weighted by molar-refractivity contribution is -0.138. The van der Waals surface area contributed by atoms with Crippen molar-refractivity contribution in [3.05, 3.63) is 58.4 Å². The Morgan fingerprint density at radius 3 is 2.29 bits per heavy atom. The number of rotatable bonds is 9. The fourth-order valence-electron chi connectivity index (χ4n) is 3.63. The summed E-state index contributed by atoms with van der Waals surface area (Å²) in [6.45, 7) is 0.193. The molecule has 1 heterocycles. The number of aryl methyl sites for hydroxylation is 1. The molecule has 35 heavy (non-hydrogen) atoms. The van der Waals surface area contributed by atoms with Crippen LogP contribution < -0.4 is 22.9 Å². The molecule has 0 saturated heterocycles. The second-order valence-electron chi connectivity index (χ2n) is 8.10. The number of halogens is 1. The third-order valence-corrected chi connectivity index (χ3v) is 5.76. The van der Waals surface area contributed by atoms with Gasteiger partial charge in [0.2, 0.25) is 0 Å². The molecule has 1 amide bonds. The van der Waals surface area contributed by atoms with Gasteiger partial charge in [-0.3, -0.25) is 19.9 Å². The number of carbonyl (C=O) groups is 2. The first-order chi connectivity index (χ1) is 16.6. The standard InChI is InChI=1S/C23H27ClN8O3/c24-18-20(27)31-19(26)17(30-18)21(33)32(23(28)29)8-2-1-3-12-4-6-15-10-13(5-7-14(15)9-12)11-16(25)22(34)35/h4-7,9-10,16H,1-3,8,11,25H2,(H3,28,29)(H,34,35)(H4,26,27,31)/t16-/m0/s1. The highest BCUT2D eigenvalue weighted by molar-refractivity contribution is 6.31. The minimum Gasteiger partial charge on any atom is -0.480 e. The molecule has 2 aromatic carbocycles. The van der Waals surface area contributed by atoms with E-state index in [0.29, 0.717) is 6.42 Å². The van der Waals surface area contributed by atoms with Crippen LogP contribution in [0.5, 0.6) is 0 Å². The average Bonchev–Trinajstić information content (AvgIpc) is 2.80. The Labute approximate surface area is 206 Å². The summed E-state index contributed by atoms with van der Waals surface area (Å²) in [7, 11) is 0. The SMILES string of the molecule is N=C(N)N(CCCCc1ccc2cc(C[C@H](N)C(=O)O)ccc2c1)C(=O)c1nc(Cl)c(N)nc1N. The molecular weight excluding hydrogens is 472 g/mol. The van der Waals surface area contributed by atoms with Gasteiger partial charge in [0.15, 0.2) is 28.4 Å². The number of hydrogen-bond donors (Lipinski definition) is 6. The van der Waals surface area contributed by atoms with E-state index >= 15 is 0 Å². The van der Waals surface area contributed by atoms with Crippen molar-refractivity contribution in [3.63, 3.8) is 0 Å². The number of unbranched alkanes of at least 4 members (excludes halogenated alkanes) is 1. The van der Waals surface area contributed by atoms with Gasteiger partial charge in [-0.25, -0.2) is 9.97 Å².